The van der Waals surface area contributed by atoms with Crippen LogP contribution in [0.25, 0.3) is 0 Å². The van der Waals surface area contributed by atoms with Gasteiger partial charge in [0.1, 0.15) is 5.69 Å². The maximum Gasteiger partial charge on any atom is 0.356 e. The summed E-state index contributed by atoms with van der Waals surface area (Å²) in [7, 11) is 3.13. The Morgan fingerprint density at radius 1 is 1.43 bits per heavy atom. The number of aromatic nitrogens is 1. The fourth-order valence-electron chi connectivity index (χ4n) is 4.16. The molecule has 0 amide bonds. The van der Waals surface area contributed by atoms with Gasteiger partial charge in [-0.25, -0.2) is 9.78 Å². The van der Waals surface area contributed by atoms with Gasteiger partial charge in [0.2, 0.25) is 0 Å². The molecule has 0 N–H and O–H groups in total. The second kappa shape index (κ2) is 5.28. The summed E-state index contributed by atoms with van der Waals surface area (Å²) < 4.78 is 10.5. The van der Waals surface area contributed by atoms with Crippen LogP contribution < -0.4 is 0 Å². The first-order valence-electron chi connectivity index (χ1n) is 7.93. The summed E-state index contributed by atoms with van der Waals surface area (Å²) in [6.45, 7) is 1.93. The first kappa shape index (κ1) is 14.6. The van der Waals surface area contributed by atoms with E-state index in [0.717, 1.165) is 25.9 Å². The zero-order valence-corrected chi connectivity index (χ0v) is 13.4. The predicted octanol–water partition coefficient (Wildman–Crippen LogP) is 1.84. The predicted molar refractivity (Wildman–Crippen MR) is 85.2 cm³/mol. The zero-order valence-electron chi connectivity index (χ0n) is 13.4. The van der Waals surface area contributed by atoms with Gasteiger partial charge in [-0.2, -0.15) is 0 Å². The standard InChI is InChI=1S/C18H20N2O3/c1-22-14-4-3-13-6-8-20-7-5-12-11-19-16(17(21)23-2)9-15(12)18(13,20)10-14/h3-4,6,9,11,14H,5,7-8,10H2,1-2H3/t14-,18-/m0/s1. The smallest absolute Gasteiger partial charge is 0.356 e. The maximum atomic E-state index is 11.9. The van der Waals surface area contributed by atoms with Crippen LogP contribution in [0.15, 0.2) is 36.1 Å². The molecule has 0 radical (unpaired) electrons. The van der Waals surface area contributed by atoms with E-state index in [0.29, 0.717) is 5.69 Å². The van der Waals surface area contributed by atoms with Gasteiger partial charge in [-0.1, -0.05) is 18.2 Å². The van der Waals surface area contributed by atoms with Crippen molar-refractivity contribution in [1.29, 1.82) is 0 Å². The fraction of sp³-hybridized carbons (Fsp3) is 0.444. The van der Waals surface area contributed by atoms with E-state index in [-0.39, 0.29) is 17.6 Å². The third kappa shape index (κ3) is 2.00. The van der Waals surface area contributed by atoms with Crippen molar-refractivity contribution in [2.75, 3.05) is 27.3 Å². The Kier molecular flexibility index (Phi) is 3.36. The van der Waals surface area contributed by atoms with Crippen LogP contribution in [0.1, 0.15) is 28.0 Å². The van der Waals surface area contributed by atoms with Gasteiger partial charge < -0.3 is 9.47 Å². The number of carbonyl (C=O) groups is 1. The average Bonchev–Trinajstić information content (AvgIpc) is 2.99. The Bertz CT molecular complexity index is 725. The molecule has 5 heteroatoms. The second-order valence-corrected chi connectivity index (χ2v) is 6.27. The molecule has 0 aromatic carbocycles. The molecule has 0 saturated heterocycles. The molecule has 4 rings (SSSR count). The molecule has 0 bridgehead atoms. The number of pyridine rings is 1. The molecule has 2 atom stereocenters. The van der Waals surface area contributed by atoms with Crippen LogP contribution in [-0.4, -0.2) is 49.3 Å². The van der Waals surface area contributed by atoms with Crippen molar-refractivity contribution < 1.29 is 14.3 Å². The number of hydrogen-bond acceptors (Lipinski definition) is 5. The Hall–Kier alpha value is -1.98. The Morgan fingerprint density at radius 3 is 3.09 bits per heavy atom. The lowest BCUT2D eigenvalue weighted by Crippen LogP contribution is -2.51. The number of esters is 1. The van der Waals surface area contributed by atoms with Crippen LogP contribution in [0.2, 0.25) is 0 Å². The van der Waals surface area contributed by atoms with E-state index in [4.69, 9.17) is 9.47 Å². The van der Waals surface area contributed by atoms with Crippen LogP contribution in [0.4, 0.5) is 0 Å². The number of rotatable bonds is 2. The van der Waals surface area contributed by atoms with Crippen molar-refractivity contribution in [3.8, 4) is 0 Å². The first-order chi connectivity index (χ1) is 11.2. The lowest BCUT2D eigenvalue weighted by molar-refractivity contribution is 0.0509. The lowest BCUT2D eigenvalue weighted by Gasteiger charge is -2.48. The van der Waals surface area contributed by atoms with Crippen molar-refractivity contribution in [2.45, 2.75) is 24.5 Å². The summed E-state index contributed by atoms with van der Waals surface area (Å²) in [4.78, 5) is 18.7. The molecule has 1 spiro atoms. The third-order valence-corrected chi connectivity index (χ3v) is 5.32. The second-order valence-electron chi connectivity index (χ2n) is 6.27. The number of ether oxygens (including phenoxy) is 2. The van der Waals surface area contributed by atoms with E-state index in [2.05, 4.69) is 28.1 Å². The molecule has 23 heavy (non-hydrogen) atoms. The van der Waals surface area contributed by atoms with Crippen LogP contribution >= 0.6 is 0 Å². The molecular formula is C18H20N2O3. The minimum atomic E-state index is -0.389. The van der Waals surface area contributed by atoms with Crippen LogP contribution in [0, 0.1) is 0 Å². The molecule has 1 aromatic rings. The minimum Gasteiger partial charge on any atom is -0.464 e. The van der Waals surface area contributed by atoms with E-state index >= 15 is 0 Å². The summed E-state index contributed by atoms with van der Waals surface area (Å²) >= 11 is 0. The van der Waals surface area contributed by atoms with E-state index in [1.54, 1.807) is 7.11 Å². The number of methoxy groups -OCH3 is 2. The molecule has 120 valence electrons. The highest BCUT2D eigenvalue weighted by molar-refractivity contribution is 5.87. The highest BCUT2D eigenvalue weighted by Gasteiger charge is 2.50. The molecule has 0 fully saturated rings. The van der Waals surface area contributed by atoms with Crippen molar-refractivity contribution in [2.24, 2.45) is 0 Å². The lowest BCUT2D eigenvalue weighted by atomic mass is 9.71. The van der Waals surface area contributed by atoms with Gasteiger partial charge in [0, 0.05) is 32.8 Å². The fourth-order valence-corrected chi connectivity index (χ4v) is 4.16. The van der Waals surface area contributed by atoms with Crippen LogP contribution in [0.3, 0.4) is 0 Å². The number of carbonyl (C=O) groups excluding carboxylic acids is 1. The number of fused-ring (bicyclic) bond motifs is 1. The number of nitrogens with zero attached hydrogens (tertiary/aromatic N) is 2. The van der Waals surface area contributed by atoms with Gasteiger partial charge in [-0.15, -0.1) is 0 Å². The molecule has 1 aromatic heterocycles. The van der Waals surface area contributed by atoms with Gasteiger partial charge in [0.15, 0.2) is 0 Å². The van der Waals surface area contributed by atoms with E-state index in [1.807, 2.05) is 12.3 Å². The van der Waals surface area contributed by atoms with Crippen molar-refractivity contribution in [3.05, 3.63) is 52.9 Å². The van der Waals surface area contributed by atoms with Gasteiger partial charge in [0.05, 0.1) is 18.8 Å². The van der Waals surface area contributed by atoms with Gasteiger partial charge in [-0.05, 0) is 29.2 Å². The molecule has 0 unspecified atom stereocenters. The van der Waals surface area contributed by atoms with Crippen molar-refractivity contribution in [3.63, 3.8) is 0 Å². The molecular weight excluding hydrogens is 292 g/mol. The highest BCUT2D eigenvalue weighted by atomic mass is 16.5. The highest BCUT2D eigenvalue weighted by Crippen LogP contribution is 2.50. The van der Waals surface area contributed by atoms with Gasteiger partial charge in [-0.3, -0.25) is 4.90 Å². The average molecular weight is 312 g/mol. The van der Waals surface area contributed by atoms with Crippen LogP contribution in [0.5, 0.6) is 0 Å². The summed E-state index contributed by atoms with van der Waals surface area (Å²) in [6.07, 6.45) is 10.3. The molecule has 2 aliphatic heterocycles. The molecule has 0 saturated carbocycles. The Morgan fingerprint density at radius 2 is 2.30 bits per heavy atom. The van der Waals surface area contributed by atoms with Gasteiger partial charge in [0.25, 0.3) is 0 Å². The van der Waals surface area contributed by atoms with E-state index in [1.165, 1.54) is 23.8 Å². The minimum absolute atomic E-state index is 0.0773. The third-order valence-electron chi connectivity index (χ3n) is 5.32. The monoisotopic (exact) mass is 312 g/mol. The van der Waals surface area contributed by atoms with E-state index < -0.39 is 0 Å². The quantitative estimate of drug-likeness (QED) is 0.780. The first-order valence-corrected chi connectivity index (χ1v) is 7.93. The molecule has 5 nitrogen and oxygen atoms in total. The normalized spacial score (nSPS) is 28.6. The van der Waals surface area contributed by atoms with Crippen molar-refractivity contribution >= 4 is 5.97 Å². The summed E-state index contributed by atoms with van der Waals surface area (Å²) in [5.41, 5.74) is 3.86. The molecule has 3 aliphatic rings. The molecule has 3 heterocycles. The largest absolute Gasteiger partial charge is 0.464 e. The zero-order chi connectivity index (χ0) is 16.0. The van der Waals surface area contributed by atoms with Gasteiger partial charge >= 0.3 is 5.97 Å². The summed E-state index contributed by atoms with van der Waals surface area (Å²) in [5, 5.41) is 0. The molecule has 1 aliphatic carbocycles. The summed E-state index contributed by atoms with van der Waals surface area (Å²) in [6, 6.07) is 1.92. The SMILES string of the molecule is COC(=O)c1cc2c(cn1)CCN1CC=C3C=C[C@H](OC)C[C@]321. The van der Waals surface area contributed by atoms with Crippen LogP contribution in [-0.2, 0) is 21.4 Å². The Balaban J connectivity index is 1.88. The maximum absolute atomic E-state index is 11.9. The number of hydrogen-bond donors (Lipinski definition) is 0. The topological polar surface area (TPSA) is 51.7 Å². The van der Waals surface area contributed by atoms with E-state index in [9.17, 15) is 4.79 Å². The Labute approximate surface area is 135 Å². The summed E-state index contributed by atoms with van der Waals surface area (Å²) in [5.74, 6) is -0.389. The van der Waals surface area contributed by atoms with Crippen molar-refractivity contribution in [1.82, 2.24) is 9.88 Å².